The van der Waals surface area contributed by atoms with Gasteiger partial charge in [0.2, 0.25) is 0 Å². The van der Waals surface area contributed by atoms with Gasteiger partial charge in [0, 0.05) is 31.4 Å². The van der Waals surface area contributed by atoms with Crippen LogP contribution in [0.3, 0.4) is 0 Å². The third-order valence-electron chi connectivity index (χ3n) is 3.74. The average Bonchev–Trinajstić information content (AvgIpc) is 2.89. The molecule has 8 heteroatoms. The lowest BCUT2D eigenvalue weighted by atomic mass is 10.0. The normalized spacial score (nSPS) is 16.5. The van der Waals surface area contributed by atoms with Crippen molar-refractivity contribution in [2.24, 2.45) is 10.9 Å². The lowest BCUT2D eigenvalue weighted by Gasteiger charge is -2.26. The first-order valence-corrected chi connectivity index (χ1v) is 8.55. The van der Waals surface area contributed by atoms with Crippen molar-refractivity contribution in [2.75, 3.05) is 51.0 Å². The van der Waals surface area contributed by atoms with Crippen molar-refractivity contribution in [2.45, 2.75) is 6.10 Å². The zero-order valence-electron chi connectivity index (χ0n) is 12.9. The van der Waals surface area contributed by atoms with E-state index in [1.54, 1.807) is 11.8 Å². The summed E-state index contributed by atoms with van der Waals surface area (Å²) < 4.78 is 0. The van der Waals surface area contributed by atoms with Crippen molar-refractivity contribution < 1.29 is 10.2 Å². The fourth-order valence-electron chi connectivity index (χ4n) is 2.58. The molecule has 0 fully saturated rings. The molecule has 2 unspecified atom stereocenters. The topological polar surface area (TPSA) is 108 Å². The number of nitrogens with two attached hydrogens (primary N) is 1. The van der Waals surface area contributed by atoms with Gasteiger partial charge >= 0.3 is 0 Å². The number of aliphatic hydroxyl groups is 2. The second kappa shape index (κ2) is 7.87. The fraction of sp³-hybridized carbons (Fsp3) is 0.643. The average molecular weight is 325 g/mol. The fourth-order valence-corrected chi connectivity index (χ4v) is 3.19. The highest BCUT2D eigenvalue weighted by atomic mass is 32.2. The molecule has 0 bridgehead atoms. The first kappa shape index (κ1) is 17.1. The van der Waals surface area contributed by atoms with Crippen LogP contribution in [-0.4, -0.2) is 76.5 Å². The number of fused-ring (bicyclic) bond motifs is 1. The van der Waals surface area contributed by atoms with Crippen LogP contribution in [0.4, 0.5) is 5.82 Å². The Morgan fingerprint density at radius 3 is 2.91 bits per heavy atom. The van der Waals surface area contributed by atoms with Crippen LogP contribution in [0.1, 0.15) is 0 Å². The summed E-state index contributed by atoms with van der Waals surface area (Å²) in [6.45, 7) is 1.82. The lowest BCUT2D eigenvalue weighted by molar-refractivity contribution is 0.0653. The number of thioether (sulfide) groups is 1. The van der Waals surface area contributed by atoms with Gasteiger partial charge in [-0.05, 0) is 18.9 Å². The molecule has 4 N–H and O–H groups in total. The number of aromatic nitrogens is 2. The minimum atomic E-state index is -0.508. The summed E-state index contributed by atoms with van der Waals surface area (Å²) in [6.07, 6.45) is 2.89. The predicted octanol–water partition coefficient (Wildman–Crippen LogP) is -1.89. The van der Waals surface area contributed by atoms with Gasteiger partial charge in [-0.3, -0.25) is 4.99 Å². The minimum Gasteiger partial charge on any atom is -0.396 e. The van der Waals surface area contributed by atoms with Gasteiger partial charge < -0.3 is 20.8 Å². The minimum absolute atomic E-state index is 0.0303. The van der Waals surface area contributed by atoms with Gasteiger partial charge in [-0.15, -0.1) is 0 Å². The summed E-state index contributed by atoms with van der Waals surface area (Å²) in [5.41, 5.74) is 6.89. The Morgan fingerprint density at radius 1 is 1.45 bits per heavy atom. The van der Waals surface area contributed by atoms with E-state index in [4.69, 9.17) is 5.73 Å². The summed E-state index contributed by atoms with van der Waals surface area (Å²) in [5.74, 6) is 0.870. The number of rotatable bonds is 8. The number of hydrogen-bond donors (Lipinski definition) is 3. The summed E-state index contributed by atoms with van der Waals surface area (Å²) >= 11 is 1.58. The summed E-state index contributed by atoms with van der Waals surface area (Å²) in [7, 11) is 1.96. The van der Waals surface area contributed by atoms with Crippen LogP contribution in [0.25, 0.3) is 5.57 Å². The van der Waals surface area contributed by atoms with E-state index >= 15 is 0 Å². The van der Waals surface area contributed by atoms with Crippen molar-refractivity contribution in [3.8, 4) is 0 Å². The molecule has 122 valence electrons. The van der Waals surface area contributed by atoms with Crippen LogP contribution >= 0.6 is 11.8 Å². The Bertz CT molecular complexity index is 624. The molecule has 0 aliphatic carbocycles. The molecule has 1 aliphatic rings. The van der Waals surface area contributed by atoms with Crippen molar-refractivity contribution in [1.29, 1.82) is 0 Å². The van der Waals surface area contributed by atoms with E-state index in [9.17, 15) is 10.2 Å². The Balaban J connectivity index is 2.05. The van der Waals surface area contributed by atoms with Crippen LogP contribution < -0.4 is 16.4 Å². The molecule has 0 spiro atoms. The molecule has 0 aromatic carbocycles. The van der Waals surface area contributed by atoms with Crippen LogP contribution in [0.2, 0.25) is 0 Å². The maximum absolute atomic E-state index is 10.0. The zero-order chi connectivity index (χ0) is 16.1. The molecule has 22 heavy (non-hydrogen) atoms. The number of nitrogens with zero attached hydrogens (tertiary/aromatic N) is 4. The van der Waals surface area contributed by atoms with Crippen molar-refractivity contribution in [1.82, 2.24) is 14.9 Å². The third-order valence-corrected chi connectivity index (χ3v) is 4.41. The SMILES string of the molecule is CSCC(O)C(CO)CN(C)CC1=c2ncnc(N)c2=NC1. The highest BCUT2D eigenvalue weighted by molar-refractivity contribution is 7.98. The van der Waals surface area contributed by atoms with Crippen molar-refractivity contribution >= 4 is 23.2 Å². The van der Waals surface area contributed by atoms with Gasteiger partial charge in [-0.25, -0.2) is 9.97 Å². The molecule has 2 atom stereocenters. The quantitative estimate of drug-likeness (QED) is 0.513. The Kier molecular flexibility index (Phi) is 6.13. The molecular formula is C14H23N5O2S. The highest BCUT2D eigenvalue weighted by Crippen LogP contribution is 2.11. The molecule has 2 heterocycles. The number of anilines is 1. The summed E-state index contributed by atoms with van der Waals surface area (Å²) in [5, 5.41) is 21.0. The van der Waals surface area contributed by atoms with Crippen LogP contribution in [0.15, 0.2) is 11.3 Å². The standard InChI is InChI=1S/C14H23N5O2S/c1-19(5-10(6-20)11(21)7-22-2)4-9-3-16-13-12(9)17-8-18-14(13)15/h8,10-11,20-21H,3-7H2,1-2H3,(H2,15,17,18). The maximum Gasteiger partial charge on any atom is 0.152 e. The monoisotopic (exact) mass is 325 g/mol. The zero-order valence-corrected chi connectivity index (χ0v) is 13.8. The highest BCUT2D eigenvalue weighted by Gasteiger charge is 2.21. The van der Waals surface area contributed by atoms with Crippen LogP contribution in [-0.2, 0) is 0 Å². The first-order chi connectivity index (χ1) is 10.6. The largest absolute Gasteiger partial charge is 0.396 e. The Hall–Kier alpha value is -1.22. The summed E-state index contributed by atoms with van der Waals surface area (Å²) in [6, 6.07) is 0. The number of nitrogen functional groups attached to an aromatic ring is 1. The van der Waals surface area contributed by atoms with E-state index in [1.807, 2.05) is 13.3 Å². The summed E-state index contributed by atoms with van der Waals surface area (Å²) in [4.78, 5) is 14.7. The van der Waals surface area contributed by atoms with Crippen LogP contribution in [0.5, 0.6) is 0 Å². The maximum atomic E-state index is 10.0. The van der Waals surface area contributed by atoms with E-state index in [1.165, 1.54) is 6.33 Å². The van der Waals surface area contributed by atoms with E-state index in [0.29, 0.717) is 36.6 Å². The van der Waals surface area contributed by atoms with E-state index < -0.39 is 6.10 Å². The Morgan fingerprint density at radius 2 is 2.23 bits per heavy atom. The molecular weight excluding hydrogens is 302 g/mol. The van der Waals surface area contributed by atoms with Gasteiger partial charge in [-0.1, -0.05) is 0 Å². The van der Waals surface area contributed by atoms with Gasteiger partial charge in [0.1, 0.15) is 11.7 Å². The van der Waals surface area contributed by atoms with Crippen LogP contribution in [0, 0.1) is 5.92 Å². The molecule has 7 nitrogen and oxygen atoms in total. The Labute approximate surface area is 134 Å². The van der Waals surface area contributed by atoms with E-state index in [2.05, 4.69) is 19.9 Å². The van der Waals surface area contributed by atoms with E-state index in [0.717, 1.165) is 10.9 Å². The molecule has 2 rings (SSSR count). The van der Waals surface area contributed by atoms with Crippen molar-refractivity contribution in [3.05, 3.63) is 17.0 Å². The number of aliphatic hydroxyl groups excluding tert-OH is 2. The van der Waals surface area contributed by atoms with Gasteiger partial charge in [0.05, 0.1) is 18.0 Å². The first-order valence-electron chi connectivity index (χ1n) is 7.16. The van der Waals surface area contributed by atoms with E-state index in [-0.39, 0.29) is 12.5 Å². The molecule has 0 amide bonds. The molecule has 1 aromatic rings. The second-order valence-corrected chi connectivity index (χ2v) is 6.45. The molecule has 0 saturated carbocycles. The smallest absolute Gasteiger partial charge is 0.152 e. The molecule has 1 aromatic heterocycles. The van der Waals surface area contributed by atoms with Gasteiger partial charge in [-0.2, -0.15) is 11.8 Å². The number of hydrogen-bond acceptors (Lipinski definition) is 8. The molecule has 0 saturated heterocycles. The molecule has 0 radical (unpaired) electrons. The molecule has 1 aliphatic heterocycles. The van der Waals surface area contributed by atoms with Gasteiger partial charge in [0.15, 0.2) is 5.82 Å². The van der Waals surface area contributed by atoms with Gasteiger partial charge in [0.25, 0.3) is 0 Å². The predicted molar refractivity (Wildman–Crippen MR) is 88.0 cm³/mol. The third kappa shape index (κ3) is 3.95. The second-order valence-electron chi connectivity index (χ2n) is 5.54. The van der Waals surface area contributed by atoms with Crippen molar-refractivity contribution in [3.63, 3.8) is 0 Å². The lowest BCUT2D eigenvalue weighted by Crippen LogP contribution is -2.38.